The van der Waals surface area contributed by atoms with Gasteiger partial charge >= 0.3 is 0 Å². The summed E-state index contributed by atoms with van der Waals surface area (Å²) in [6, 6.07) is 0. The highest BCUT2D eigenvalue weighted by molar-refractivity contribution is 9.09. The molecule has 0 aliphatic heterocycles. The monoisotopic (exact) mass is 325 g/mol. The van der Waals surface area contributed by atoms with Crippen molar-refractivity contribution in [2.75, 3.05) is 10.7 Å². The number of carbonyl (C=O) groups excluding carboxylic acids is 1. The van der Waals surface area contributed by atoms with Gasteiger partial charge in [-0.15, -0.1) is 0 Å². The Balaban J connectivity index is 2.49. The fourth-order valence-electron chi connectivity index (χ4n) is 1.40. The van der Waals surface area contributed by atoms with Gasteiger partial charge in [-0.05, 0) is 18.8 Å². The highest BCUT2D eigenvalue weighted by atomic mass is 79.9. The zero-order chi connectivity index (χ0) is 11.0. The minimum Gasteiger partial charge on any atom is -0.349 e. The van der Waals surface area contributed by atoms with Crippen molar-refractivity contribution in [2.45, 2.75) is 32.7 Å². The lowest BCUT2D eigenvalue weighted by atomic mass is 10.1. The smallest absolute Gasteiger partial charge is 0.224 e. The largest absolute Gasteiger partial charge is 0.349 e. The Morgan fingerprint density at radius 1 is 1.50 bits per heavy atom. The lowest BCUT2D eigenvalue weighted by Crippen LogP contribution is -2.49. The molecule has 1 amide bonds. The Kier molecular flexibility index (Phi) is 3.68. The maximum atomic E-state index is 11.8. The molecule has 1 saturated carbocycles. The number of alkyl halides is 2. The first-order chi connectivity index (χ1) is 6.34. The minimum absolute atomic E-state index is 0.171. The Morgan fingerprint density at radius 3 is 2.21 bits per heavy atom. The van der Waals surface area contributed by atoms with Crippen molar-refractivity contribution in [1.82, 2.24) is 5.32 Å². The number of carbonyl (C=O) groups is 1. The van der Waals surface area contributed by atoms with Crippen LogP contribution in [0.3, 0.4) is 0 Å². The van der Waals surface area contributed by atoms with Crippen molar-refractivity contribution in [3.8, 4) is 0 Å². The molecule has 1 aliphatic carbocycles. The molecule has 4 heteroatoms. The standard InChI is InChI=1S/C10H17Br2NO/c1-9(2)4-7(9)8(14)13-10(3,5-11)6-12/h7H,4-6H2,1-3H3,(H,13,14). The molecule has 1 rings (SSSR count). The van der Waals surface area contributed by atoms with Gasteiger partial charge in [0.2, 0.25) is 5.91 Å². The van der Waals surface area contributed by atoms with Gasteiger partial charge in [-0.25, -0.2) is 0 Å². The minimum atomic E-state index is -0.171. The van der Waals surface area contributed by atoms with Crippen LogP contribution in [-0.4, -0.2) is 22.1 Å². The van der Waals surface area contributed by atoms with Crippen LogP contribution in [0.25, 0.3) is 0 Å². The second-order valence-corrected chi connectivity index (χ2v) is 6.18. The third-order valence-electron chi connectivity index (χ3n) is 2.84. The Labute approximate surface area is 102 Å². The van der Waals surface area contributed by atoms with Crippen molar-refractivity contribution in [2.24, 2.45) is 11.3 Å². The van der Waals surface area contributed by atoms with Crippen LogP contribution < -0.4 is 5.32 Å². The van der Waals surface area contributed by atoms with Crippen molar-refractivity contribution in [1.29, 1.82) is 0 Å². The molecule has 1 fully saturated rings. The van der Waals surface area contributed by atoms with E-state index in [0.29, 0.717) is 0 Å². The van der Waals surface area contributed by atoms with Crippen molar-refractivity contribution in [3.63, 3.8) is 0 Å². The van der Waals surface area contributed by atoms with E-state index >= 15 is 0 Å². The molecule has 0 radical (unpaired) electrons. The summed E-state index contributed by atoms with van der Waals surface area (Å²) in [6.07, 6.45) is 1.01. The number of hydrogen-bond donors (Lipinski definition) is 1. The second-order valence-electron chi connectivity index (χ2n) is 5.06. The van der Waals surface area contributed by atoms with Crippen LogP contribution >= 0.6 is 31.9 Å². The lowest BCUT2D eigenvalue weighted by Gasteiger charge is -2.26. The number of hydrogen-bond acceptors (Lipinski definition) is 1. The molecule has 1 N–H and O–H groups in total. The summed E-state index contributed by atoms with van der Waals surface area (Å²) in [5, 5.41) is 4.61. The normalized spacial score (nSPS) is 24.5. The van der Waals surface area contributed by atoms with E-state index in [4.69, 9.17) is 0 Å². The average molecular weight is 327 g/mol. The number of nitrogens with one attached hydrogen (secondary N) is 1. The summed E-state index contributed by atoms with van der Waals surface area (Å²) in [7, 11) is 0. The molecule has 0 heterocycles. The Hall–Kier alpha value is 0.430. The van der Waals surface area contributed by atoms with E-state index in [1.165, 1.54) is 0 Å². The quantitative estimate of drug-likeness (QED) is 0.791. The summed E-state index contributed by atoms with van der Waals surface area (Å²) in [4.78, 5) is 11.8. The molecular weight excluding hydrogens is 310 g/mol. The summed E-state index contributed by atoms with van der Waals surface area (Å²) in [5.74, 6) is 0.399. The van der Waals surface area contributed by atoms with Crippen LogP contribution in [0.15, 0.2) is 0 Å². The van der Waals surface area contributed by atoms with E-state index in [-0.39, 0.29) is 22.8 Å². The van der Waals surface area contributed by atoms with Gasteiger partial charge in [0.05, 0.1) is 5.54 Å². The van der Waals surface area contributed by atoms with Crippen LogP contribution in [-0.2, 0) is 4.79 Å². The van der Waals surface area contributed by atoms with Crippen LogP contribution in [0.5, 0.6) is 0 Å². The van der Waals surface area contributed by atoms with Crippen molar-refractivity contribution < 1.29 is 4.79 Å². The molecule has 1 aliphatic rings. The van der Waals surface area contributed by atoms with Gasteiger partial charge in [0.25, 0.3) is 0 Å². The molecule has 0 bridgehead atoms. The molecule has 2 nitrogen and oxygen atoms in total. The third kappa shape index (κ3) is 2.72. The maximum Gasteiger partial charge on any atom is 0.224 e. The molecule has 1 unspecified atom stereocenters. The summed E-state index contributed by atoms with van der Waals surface area (Å²) in [6.45, 7) is 6.30. The van der Waals surface area contributed by atoms with Crippen molar-refractivity contribution in [3.05, 3.63) is 0 Å². The fourth-order valence-corrected chi connectivity index (χ4v) is 2.61. The zero-order valence-electron chi connectivity index (χ0n) is 8.86. The number of rotatable bonds is 4. The lowest BCUT2D eigenvalue weighted by molar-refractivity contribution is -0.124. The van der Waals surface area contributed by atoms with E-state index in [1.54, 1.807) is 0 Å². The van der Waals surface area contributed by atoms with Crippen LogP contribution in [0.2, 0.25) is 0 Å². The first kappa shape index (κ1) is 12.5. The molecule has 0 spiro atoms. The van der Waals surface area contributed by atoms with Crippen molar-refractivity contribution >= 4 is 37.8 Å². The molecule has 0 saturated heterocycles. The summed E-state index contributed by atoms with van der Waals surface area (Å²) in [5.41, 5.74) is 0.0410. The van der Waals surface area contributed by atoms with E-state index in [0.717, 1.165) is 17.1 Å². The number of amides is 1. The van der Waals surface area contributed by atoms with Gasteiger partial charge in [-0.1, -0.05) is 45.7 Å². The topological polar surface area (TPSA) is 29.1 Å². The van der Waals surface area contributed by atoms with Gasteiger partial charge in [0, 0.05) is 16.6 Å². The summed E-state index contributed by atoms with van der Waals surface area (Å²) >= 11 is 6.83. The van der Waals surface area contributed by atoms with Gasteiger partial charge in [0.15, 0.2) is 0 Å². The molecule has 1 atom stereocenters. The number of halogens is 2. The van der Waals surface area contributed by atoms with E-state index in [9.17, 15) is 4.79 Å². The molecule has 82 valence electrons. The van der Waals surface area contributed by atoms with E-state index in [2.05, 4.69) is 51.0 Å². The third-order valence-corrected chi connectivity index (χ3v) is 5.32. The Bertz CT molecular complexity index is 236. The maximum absolute atomic E-state index is 11.8. The van der Waals surface area contributed by atoms with Gasteiger partial charge in [0.1, 0.15) is 0 Å². The molecule has 0 aromatic heterocycles. The van der Waals surface area contributed by atoms with Crippen LogP contribution in [0, 0.1) is 11.3 Å². The predicted octanol–water partition coefficient (Wildman–Crippen LogP) is 2.70. The highest BCUT2D eigenvalue weighted by Crippen LogP contribution is 2.51. The fraction of sp³-hybridized carbons (Fsp3) is 0.900. The second kappa shape index (κ2) is 4.12. The van der Waals surface area contributed by atoms with Gasteiger partial charge < -0.3 is 5.32 Å². The highest BCUT2D eigenvalue weighted by Gasteiger charge is 2.51. The first-order valence-electron chi connectivity index (χ1n) is 4.78. The zero-order valence-corrected chi connectivity index (χ0v) is 12.0. The SMILES string of the molecule is CC(CBr)(CBr)NC(=O)C1CC1(C)C. The molecule has 14 heavy (non-hydrogen) atoms. The van der Waals surface area contributed by atoms with Crippen LogP contribution in [0.4, 0.5) is 0 Å². The van der Waals surface area contributed by atoms with Crippen LogP contribution in [0.1, 0.15) is 27.2 Å². The molecule has 0 aromatic carbocycles. The molecular formula is C10H17Br2NO. The van der Waals surface area contributed by atoms with Gasteiger partial charge in [-0.3, -0.25) is 4.79 Å². The first-order valence-corrected chi connectivity index (χ1v) is 7.03. The van der Waals surface area contributed by atoms with E-state index in [1.807, 2.05) is 6.92 Å². The predicted molar refractivity (Wildman–Crippen MR) is 66.0 cm³/mol. The average Bonchev–Trinajstić information content (AvgIpc) is 2.75. The summed E-state index contributed by atoms with van der Waals surface area (Å²) < 4.78 is 0. The van der Waals surface area contributed by atoms with E-state index < -0.39 is 0 Å². The Morgan fingerprint density at radius 2 is 1.93 bits per heavy atom. The van der Waals surface area contributed by atoms with Gasteiger partial charge in [-0.2, -0.15) is 0 Å². The molecule has 0 aromatic rings.